The molecule has 1 heterocycles. The molecule has 4 atom stereocenters. The van der Waals surface area contributed by atoms with Crippen molar-refractivity contribution in [2.24, 2.45) is 11.8 Å². The van der Waals surface area contributed by atoms with Gasteiger partial charge in [-0.1, -0.05) is 36.4 Å². The lowest BCUT2D eigenvalue weighted by Gasteiger charge is -2.58. The van der Waals surface area contributed by atoms with Gasteiger partial charge in [-0.05, 0) is 53.6 Å². The van der Waals surface area contributed by atoms with Gasteiger partial charge in [0.25, 0.3) is 0 Å². The third kappa shape index (κ3) is 3.65. The van der Waals surface area contributed by atoms with Crippen LogP contribution in [-0.4, -0.2) is 22.1 Å². The maximum absolute atomic E-state index is 12.8. The van der Waals surface area contributed by atoms with Crippen LogP contribution in [0.4, 0.5) is 26.3 Å². The summed E-state index contributed by atoms with van der Waals surface area (Å²) in [6.45, 7) is 0.938. The summed E-state index contributed by atoms with van der Waals surface area (Å²) in [6, 6.07) is 10.9. The fraction of sp³-hybridized carbons (Fsp3) is 0.391. The summed E-state index contributed by atoms with van der Waals surface area (Å²) < 4.78 is 77.1. The minimum Gasteiger partial charge on any atom is -0.231 e. The van der Waals surface area contributed by atoms with Crippen molar-refractivity contribution < 1.29 is 26.3 Å². The van der Waals surface area contributed by atoms with E-state index in [-0.39, 0.29) is 12.1 Å². The van der Waals surface area contributed by atoms with Gasteiger partial charge in [-0.15, -0.1) is 0 Å². The Kier molecular flexibility index (Phi) is 4.71. The molecule has 0 aromatic heterocycles. The zero-order valence-electron chi connectivity index (χ0n) is 16.4. The van der Waals surface area contributed by atoms with Crippen LogP contribution in [0.2, 0.25) is 0 Å². The van der Waals surface area contributed by atoms with E-state index in [0.29, 0.717) is 24.9 Å². The van der Waals surface area contributed by atoms with Crippen LogP contribution in [0.1, 0.15) is 28.7 Å². The third-order valence-corrected chi connectivity index (χ3v) is 6.65. The first kappa shape index (κ1) is 20.6. The number of halogens is 6. The molecule has 3 aliphatic rings. The highest BCUT2D eigenvalue weighted by molar-refractivity contribution is 5.29. The Morgan fingerprint density at radius 1 is 0.613 bits per heavy atom. The summed E-state index contributed by atoms with van der Waals surface area (Å²) in [5, 5.41) is 4.33. The lowest BCUT2D eigenvalue weighted by molar-refractivity contribution is -0.227. The van der Waals surface area contributed by atoms with Gasteiger partial charge >= 0.3 is 12.4 Å². The molecule has 4 unspecified atom stereocenters. The topological polar surface area (TPSA) is 6.48 Å². The number of hydrazine groups is 1. The predicted octanol–water partition coefficient (Wildman–Crippen LogP) is 5.90. The largest absolute Gasteiger partial charge is 0.416 e. The van der Waals surface area contributed by atoms with Crippen molar-refractivity contribution in [3.63, 3.8) is 0 Å². The minimum atomic E-state index is -4.37. The van der Waals surface area contributed by atoms with Gasteiger partial charge in [-0.3, -0.25) is 0 Å². The number of nitrogens with zero attached hydrogens (tertiary/aromatic N) is 2. The van der Waals surface area contributed by atoms with E-state index in [0.717, 1.165) is 41.8 Å². The Labute approximate surface area is 175 Å². The van der Waals surface area contributed by atoms with E-state index in [9.17, 15) is 26.3 Å². The van der Waals surface area contributed by atoms with Crippen molar-refractivity contribution in [2.75, 3.05) is 0 Å². The Morgan fingerprint density at radius 3 is 1.29 bits per heavy atom. The highest BCUT2D eigenvalue weighted by Crippen LogP contribution is 2.52. The second kappa shape index (κ2) is 7.10. The van der Waals surface area contributed by atoms with E-state index < -0.39 is 23.5 Å². The molecule has 1 aliphatic heterocycles. The first-order chi connectivity index (χ1) is 14.6. The molecule has 2 bridgehead atoms. The molecule has 5 rings (SSSR count). The number of hydrogen-bond donors (Lipinski definition) is 0. The summed E-state index contributed by atoms with van der Waals surface area (Å²) >= 11 is 0. The van der Waals surface area contributed by atoms with Gasteiger partial charge in [0.05, 0.1) is 11.1 Å². The van der Waals surface area contributed by atoms with Crippen molar-refractivity contribution in [1.82, 2.24) is 10.0 Å². The van der Waals surface area contributed by atoms with Gasteiger partial charge in [0, 0.05) is 25.2 Å². The van der Waals surface area contributed by atoms with Crippen molar-refractivity contribution in [3.8, 4) is 0 Å². The van der Waals surface area contributed by atoms with Crippen molar-refractivity contribution >= 4 is 0 Å². The molecule has 0 amide bonds. The zero-order chi connectivity index (χ0) is 22.0. The Balaban J connectivity index is 1.35. The summed E-state index contributed by atoms with van der Waals surface area (Å²) in [6.07, 6.45) is -3.28. The van der Waals surface area contributed by atoms with Crippen LogP contribution in [0.3, 0.4) is 0 Å². The van der Waals surface area contributed by atoms with Crippen molar-refractivity contribution in [1.29, 1.82) is 0 Å². The molecule has 2 aromatic carbocycles. The molecule has 164 valence electrons. The smallest absolute Gasteiger partial charge is 0.231 e. The van der Waals surface area contributed by atoms with Crippen molar-refractivity contribution in [2.45, 2.75) is 43.9 Å². The molecule has 1 saturated heterocycles. The van der Waals surface area contributed by atoms with Crippen LogP contribution in [-0.2, 0) is 25.4 Å². The molecular weight excluding hydrogens is 418 g/mol. The fourth-order valence-electron chi connectivity index (χ4n) is 5.20. The van der Waals surface area contributed by atoms with Gasteiger partial charge < -0.3 is 0 Å². The van der Waals surface area contributed by atoms with Crippen molar-refractivity contribution in [3.05, 3.63) is 82.9 Å². The molecule has 2 aliphatic carbocycles. The second-order valence-electron chi connectivity index (χ2n) is 8.51. The zero-order valence-corrected chi connectivity index (χ0v) is 16.4. The summed E-state index contributed by atoms with van der Waals surface area (Å²) in [5.74, 6) is 0.821. The monoisotopic (exact) mass is 438 g/mol. The maximum atomic E-state index is 12.8. The van der Waals surface area contributed by atoms with Crippen LogP contribution in [0.15, 0.2) is 60.7 Å². The summed E-state index contributed by atoms with van der Waals surface area (Å²) in [4.78, 5) is 0. The van der Waals surface area contributed by atoms with Gasteiger partial charge in [0.1, 0.15) is 0 Å². The van der Waals surface area contributed by atoms with E-state index in [1.165, 1.54) is 24.3 Å². The molecule has 2 aromatic rings. The van der Waals surface area contributed by atoms with Crippen LogP contribution in [0.25, 0.3) is 0 Å². The Hall–Kier alpha value is -2.32. The van der Waals surface area contributed by atoms with Crippen LogP contribution >= 0.6 is 0 Å². The van der Waals surface area contributed by atoms with Gasteiger partial charge in [-0.25, -0.2) is 10.0 Å². The number of fused-ring (bicyclic) bond motifs is 5. The van der Waals surface area contributed by atoms with E-state index in [1.54, 1.807) is 0 Å². The second-order valence-corrected chi connectivity index (χ2v) is 8.51. The third-order valence-electron chi connectivity index (χ3n) is 6.65. The quantitative estimate of drug-likeness (QED) is 0.433. The van der Waals surface area contributed by atoms with Crippen LogP contribution < -0.4 is 0 Å². The van der Waals surface area contributed by atoms with E-state index in [4.69, 9.17) is 0 Å². The average Bonchev–Trinajstić information content (AvgIpc) is 3.29. The molecule has 0 spiro atoms. The highest BCUT2D eigenvalue weighted by Gasteiger charge is 2.59. The molecule has 2 fully saturated rings. The number of rotatable bonds is 4. The highest BCUT2D eigenvalue weighted by atomic mass is 19.4. The number of benzene rings is 2. The first-order valence-electron chi connectivity index (χ1n) is 10.1. The summed E-state index contributed by atoms with van der Waals surface area (Å²) in [7, 11) is 0. The molecule has 2 nitrogen and oxygen atoms in total. The molecule has 1 saturated carbocycles. The molecular formula is C23H20F6N2. The maximum Gasteiger partial charge on any atom is 0.416 e. The molecule has 0 N–H and O–H groups in total. The van der Waals surface area contributed by atoms with Gasteiger partial charge in [0.15, 0.2) is 0 Å². The Morgan fingerprint density at radius 2 is 0.968 bits per heavy atom. The van der Waals surface area contributed by atoms with Gasteiger partial charge in [0.2, 0.25) is 0 Å². The number of alkyl halides is 6. The summed E-state index contributed by atoms with van der Waals surface area (Å²) in [5.41, 5.74) is 0.190. The fourth-order valence-corrected chi connectivity index (χ4v) is 5.20. The van der Waals surface area contributed by atoms with E-state index in [2.05, 4.69) is 22.2 Å². The SMILES string of the molecule is FC(F)(F)c1ccc(CN2C3C4C=CC(C4)C3N2Cc2ccc(C(F)(F)F)cc2)cc1. The van der Waals surface area contributed by atoms with Crippen LogP contribution in [0.5, 0.6) is 0 Å². The minimum absolute atomic E-state index is 0.284. The standard InChI is InChI=1S/C23H20F6N2/c24-22(25,26)18-7-1-14(2-8-18)12-30-20-16-5-6-17(11-16)21(20)31(30)13-15-3-9-19(10-4-15)23(27,28)29/h1-10,16-17,20-21H,11-13H2. The Bertz CT molecular complexity index is 898. The lowest BCUT2D eigenvalue weighted by Crippen LogP contribution is -2.71. The molecule has 31 heavy (non-hydrogen) atoms. The predicted molar refractivity (Wildman–Crippen MR) is 102 cm³/mol. The first-order valence-corrected chi connectivity index (χ1v) is 10.1. The van der Waals surface area contributed by atoms with E-state index >= 15 is 0 Å². The number of hydrogen-bond acceptors (Lipinski definition) is 2. The molecule has 0 radical (unpaired) electrons. The van der Waals surface area contributed by atoms with Gasteiger partial charge in [-0.2, -0.15) is 26.3 Å². The molecule has 8 heteroatoms. The van der Waals surface area contributed by atoms with Crippen LogP contribution in [0, 0.1) is 11.8 Å². The van der Waals surface area contributed by atoms with E-state index in [1.807, 2.05) is 0 Å². The normalized spacial score (nSPS) is 28.1. The average molecular weight is 438 g/mol. The lowest BCUT2D eigenvalue weighted by atomic mass is 9.89.